The van der Waals surface area contributed by atoms with Crippen molar-refractivity contribution in [2.45, 2.75) is 0 Å². The van der Waals surface area contributed by atoms with Gasteiger partial charge in [-0.1, -0.05) is 12.1 Å². The molecule has 1 amide bonds. The monoisotopic (exact) mass is 321 g/mol. The number of nitrogens with zero attached hydrogens (tertiary/aromatic N) is 2. The molecule has 0 saturated heterocycles. The summed E-state index contributed by atoms with van der Waals surface area (Å²) < 4.78 is 10.9. The first kappa shape index (κ1) is 15.5. The lowest BCUT2D eigenvalue weighted by Crippen LogP contribution is -2.12. The van der Waals surface area contributed by atoms with Gasteiger partial charge in [0.1, 0.15) is 0 Å². The smallest absolute Gasteiger partial charge is 0.257 e. The van der Waals surface area contributed by atoms with Crippen LogP contribution in [0.15, 0.2) is 67.1 Å². The fourth-order valence-electron chi connectivity index (χ4n) is 2.03. The molecule has 0 spiro atoms. The number of nitrogens with one attached hydrogen (secondary N) is 1. The predicted octanol–water partition coefficient (Wildman–Crippen LogP) is 3.53. The molecule has 1 N–H and O–H groups in total. The molecule has 120 valence electrons. The summed E-state index contributed by atoms with van der Waals surface area (Å²) >= 11 is 0. The largest absolute Gasteiger partial charge is 0.493 e. The molecule has 2 heterocycles. The number of carbonyl (C=O) groups is 1. The zero-order valence-electron chi connectivity index (χ0n) is 13.0. The molecule has 1 aromatic carbocycles. The predicted molar refractivity (Wildman–Crippen MR) is 89.5 cm³/mol. The Morgan fingerprint density at radius 2 is 1.83 bits per heavy atom. The van der Waals surface area contributed by atoms with E-state index in [-0.39, 0.29) is 5.91 Å². The maximum Gasteiger partial charge on any atom is 0.257 e. The summed E-state index contributed by atoms with van der Waals surface area (Å²) in [6.07, 6.45) is 4.64. The number of pyridine rings is 2. The lowest BCUT2D eigenvalue weighted by Gasteiger charge is -2.10. The lowest BCUT2D eigenvalue weighted by atomic mass is 10.2. The van der Waals surface area contributed by atoms with Gasteiger partial charge < -0.3 is 14.8 Å². The van der Waals surface area contributed by atoms with Crippen molar-refractivity contribution < 1.29 is 14.3 Å². The molecule has 0 atom stereocenters. The Hall–Kier alpha value is -3.41. The minimum Gasteiger partial charge on any atom is -0.493 e. The van der Waals surface area contributed by atoms with Crippen molar-refractivity contribution in [2.24, 2.45) is 0 Å². The summed E-state index contributed by atoms with van der Waals surface area (Å²) in [6.45, 7) is 0. The van der Waals surface area contributed by atoms with Crippen molar-refractivity contribution in [2.75, 3.05) is 12.4 Å². The topological polar surface area (TPSA) is 73.3 Å². The van der Waals surface area contributed by atoms with Crippen LogP contribution < -0.4 is 14.8 Å². The van der Waals surface area contributed by atoms with Gasteiger partial charge in [-0.05, 0) is 30.3 Å². The minimum absolute atomic E-state index is 0.247. The number of amides is 1. The van der Waals surface area contributed by atoms with Crippen molar-refractivity contribution in [3.63, 3.8) is 0 Å². The van der Waals surface area contributed by atoms with Crippen molar-refractivity contribution in [1.29, 1.82) is 0 Å². The summed E-state index contributed by atoms with van der Waals surface area (Å²) in [5.41, 5.74) is 1.04. The fourth-order valence-corrected chi connectivity index (χ4v) is 2.03. The van der Waals surface area contributed by atoms with Gasteiger partial charge in [-0.2, -0.15) is 0 Å². The molecule has 3 rings (SSSR count). The van der Waals surface area contributed by atoms with Crippen LogP contribution in [-0.2, 0) is 0 Å². The van der Waals surface area contributed by atoms with E-state index in [4.69, 9.17) is 9.47 Å². The van der Waals surface area contributed by atoms with Crippen LogP contribution >= 0.6 is 0 Å². The van der Waals surface area contributed by atoms with Crippen LogP contribution in [0.3, 0.4) is 0 Å². The van der Waals surface area contributed by atoms with Crippen LogP contribution in [-0.4, -0.2) is 23.0 Å². The molecule has 6 nitrogen and oxygen atoms in total. The molecule has 6 heteroatoms. The van der Waals surface area contributed by atoms with Crippen LogP contribution in [0.4, 0.5) is 5.69 Å². The second kappa shape index (κ2) is 7.23. The zero-order valence-corrected chi connectivity index (χ0v) is 13.0. The van der Waals surface area contributed by atoms with E-state index in [0.717, 1.165) is 0 Å². The van der Waals surface area contributed by atoms with E-state index < -0.39 is 0 Å². The first-order valence-corrected chi connectivity index (χ1v) is 7.24. The molecule has 0 unspecified atom stereocenters. The maximum atomic E-state index is 12.0. The Morgan fingerprint density at radius 3 is 2.50 bits per heavy atom. The van der Waals surface area contributed by atoms with E-state index in [1.54, 1.807) is 49.7 Å². The van der Waals surface area contributed by atoms with E-state index in [1.165, 1.54) is 12.4 Å². The van der Waals surface area contributed by atoms with Crippen LogP contribution in [0.1, 0.15) is 10.4 Å². The highest BCUT2D eigenvalue weighted by atomic mass is 16.5. The number of para-hydroxylation sites is 2. The average molecular weight is 321 g/mol. The molecule has 0 aliphatic rings. The SMILES string of the molecule is COc1ccccc1Oc1ccc(NC(=O)c2cccnc2)cn1. The molecule has 0 saturated carbocycles. The van der Waals surface area contributed by atoms with Gasteiger partial charge in [0.05, 0.1) is 24.6 Å². The Labute approximate surface area is 139 Å². The van der Waals surface area contributed by atoms with E-state index in [2.05, 4.69) is 15.3 Å². The standard InChI is InChI=1S/C18H15N3O3/c1-23-15-6-2-3-7-16(15)24-17-9-8-14(12-20-17)21-18(22)13-5-4-10-19-11-13/h2-12H,1H3,(H,21,22). The second-order valence-electron chi connectivity index (χ2n) is 4.83. The number of methoxy groups -OCH3 is 1. The number of hydrogen-bond acceptors (Lipinski definition) is 5. The third-order valence-corrected chi connectivity index (χ3v) is 3.20. The lowest BCUT2D eigenvalue weighted by molar-refractivity contribution is 0.102. The van der Waals surface area contributed by atoms with Crippen molar-refractivity contribution in [1.82, 2.24) is 9.97 Å². The highest BCUT2D eigenvalue weighted by Crippen LogP contribution is 2.30. The van der Waals surface area contributed by atoms with E-state index in [1.807, 2.05) is 12.1 Å². The van der Waals surface area contributed by atoms with Crippen LogP contribution in [0.2, 0.25) is 0 Å². The van der Waals surface area contributed by atoms with Crippen molar-refractivity contribution in [3.05, 3.63) is 72.7 Å². The van der Waals surface area contributed by atoms with E-state index in [9.17, 15) is 4.79 Å². The second-order valence-corrected chi connectivity index (χ2v) is 4.83. The highest BCUT2D eigenvalue weighted by Gasteiger charge is 2.08. The Bertz CT molecular complexity index is 820. The third kappa shape index (κ3) is 3.67. The average Bonchev–Trinajstić information content (AvgIpc) is 2.64. The van der Waals surface area contributed by atoms with Gasteiger partial charge >= 0.3 is 0 Å². The maximum absolute atomic E-state index is 12.0. The number of ether oxygens (including phenoxy) is 2. The quantitative estimate of drug-likeness (QED) is 0.778. The zero-order chi connectivity index (χ0) is 16.8. The Kier molecular flexibility index (Phi) is 4.67. The van der Waals surface area contributed by atoms with Crippen LogP contribution in [0, 0.1) is 0 Å². The Balaban J connectivity index is 1.68. The molecule has 3 aromatic rings. The molecule has 0 radical (unpaired) electrons. The normalized spacial score (nSPS) is 10.0. The molecule has 0 bridgehead atoms. The van der Waals surface area contributed by atoms with Gasteiger partial charge in [0.15, 0.2) is 11.5 Å². The van der Waals surface area contributed by atoms with E-state index in [0.29, 0.717) is 28.6 Å². The summed E-state index contributed by atoms with van der Waals surface area (Å²) in [5.74, 6) is 1.34. The number of hydrogen-bond donors (Lipinski definition) is 1. The molecule has 24 heavy (non-hydrogen) atoms. The molecule has 0 fully saturated rings. The number of rotatable bonds is 5. The van der Waals surface area contributed by atoms with Gasteiger partial charge in [-0.25, -0.2) is 4.98 Å². The number of benzene rings is 1. The van der Waals surface area contributed by atoms with Crippen molar-refractivity contribution >= 4 is 11.6 Å². The van der Waals surface area contributed by atoms with Gasteiger partial charge in [-0.3, -0.25) is 9.78 Å². The Morgan fingerprint density at radius 1 is 1.00 bits per heavy atom. The summed E-state index contributed by atoms with van der Waals surface area (Å²) in [5, 5.41) is 2.75. The first-order chi connectivity index (χ1) is 11.8. The van der Waals surface area contributed by atoms with E-state index >= 15 is 0 Å². The fraction of sp³-hybridized carbons (Fsp3) is 0.0556. The van der Waals surface area contributed by atoms with Gasteiger partial charge in [-0.15, -0.1) is 0 Å². The molecule has 0 aliphatic carbocycles. The van der Waals surface area contributed by atoms with Crippen LogP contribution in [0.25, 0.3) is 0 Å². The van der Waals surface area contributed by atoms with Gasteiger partial charge in [0, 0.05) is 18.5 Å². The molecular formula is C18H15N3O3. The van der Waals surface area contributed by atoms with Gasteiger partial charge in [0.2, 0.25) is 5.88 Å². The molecular weight excluding hydrogens is 306 g/mol. The minimum atomic E-state index is -0.247. The first-order valence-electron chi connectivity index (χ1n) is 7.24. The van der Waals surface area contributed by atoms with Gasteiger partial charge in [0.25, 0.3) is 5.91 Å². The highest BCUT2D eigenvalue weighted by molar-refractivity contribution is 6.03. The molecule has 0 aliphatic heterocycles. The number of aromatic nitrogens is 2. The number of carbonyl (C=O) groups excluding carboxylic acids is 1. The van der Waals surface area contributed by atoms with Crippen LogP contribution in [0.5, 0.6) is 17.4 Å². The third-order valence-electron chi connectivity index (χ3n) is 3.20. The summed E-state index contributed by atoms with van der Waals surface area (Å²) in [6, 6.07) is 14.1. The number of anilines is 1. The summed E-state index contributed by atoms with van der Waals surface area (Å²) in [7, 11) is 1.58. The van der Waals surface area contributed by atoms with Crippen molar-refractivity contribution in [3.8, 4) is 17.4 Å². The summed E-state index contributed by atoms with van der Waals surface area (Å²) in [4.78, 5) is 20.2. The molecule has 2 aromatic heterocycles.